The molecule has 2 N–H and O–H groups in total. The number of halogens is 1. The van der Waals surface area contributed by atoms with Gasteiger partial charge in [-0.1, -0.05) is 37.0 Å². The van der Waals surface area contributed by atoms with Crippen molar-refractivity contribution >= 4 is 23.9 Å². The average Bonchev–Trinajstić information content (AvgIpc) is 3.53. The Kier molecular flexibility index (Phi) is 15.3. The maximum atomic E-state index is 9.18. The normalized spacial score (nSPS) is 14.4. The molecule has 0 aliphatic carbocycles. The highest BCUT2D eigenvalue weighted by atomic mass is 35.5. The molecule has 0 spiro atoms. The number of hydrogen-bond acceptors (Lipinski definition) is 10. The molecule has 42 heavy (non-hydrogen) atoms. The summed E-state index contributed by atoms with van der Waals surface area (Å²) in [5, 5.41) is 11.5. The molecule has 0 saturated carbocycles. The number of carbonyl (C=O) groups is 1. The number of rotatable bonds is 11. The van der Waals surface area contributed by atoms with Crippen molar-refractivity contribution in [2.45, 2.75) is 66.8 Å². The average molecular weight is 603 g/mol. The van der Waals surface area contributed by atoms with Gasteiger partial charge in [0.25, 0.3) is 6.47 Å². The molecule has 1 atom stereocenters. The van der Waals surface area contributed by atoms with Crippen molar-refractivity contribution in [3.63, 3.8) is 0 Å². The van der Waals surface area contributed by atoms with Gasteiger partial charge in [0, 0.05) is 23.7 Å². The van der Waals surface area contributed by atoms with Crippen LogP contribution in [0.15, 0.2) is 22.7 Å². The van der Waals surface area contributed by atoms with Crippen LogP contribution in [0.3, 0.4) is 0 Å². The lowest BCUT2D eigenvalue weighted by atomic mass is 10.0. The topological polar surface area (TPSA) is 115 Å². The number of likely N-dealkylation sites (N-methyl/N-ethyl adjacent to an activating group) is 1. The van der Waals surface area contributed by atoms with E-state index in [0.717, 1.165) is 77.9 Å². The lowest BCUT2D eigenvalue weighted by molar-refractivity contribution is -0.128. The minimum atomic E-state index is 0.321. The number of nitrogens with zero attached hydrogens (tertiary/aromatic N) is 4. The number of carbonyl (C=O) groups excluding carboxylic acids is 1. The summed E-state index contributed by atoms with van der Waals surface area (Å²) in [6, 6.07) is 5.95. The van der Waals surface area contributed by atoms with E-state index < -0.39 is 0 Å². The summed E-state index contributed by atoms with van der Waals surface area (Å²) in [6.45, 7) is 16.3. The van der Waals surface area contributed by atoms with E-state index in [1.54, 1.807) is 6.92 Å². The number of aromatic nitrogens is 3. The van der Waals surface area contributed by atoms with Crippen LogP contribution in [0.4, 0.5) is 5.82 Å². The zero-order valence-electron chi connectivity index (χ0n) is 26.3. The Morgan fingerprint density at radius 3 is 2.48 bits per heavy atom. The first kappa shape index (κ1) is 35.0. The molecule has 232 valence electrons. The molecule has 4 rings (SSSR count). The predicted molar refractivity (Wildman–Crippen MR) is 169 cm³/mol. The smallest absolute Gasteiger partial charge is 0.293 e. The molecule has 2 aromatic heterocycles. The summed E-state index contributed by atoms with van der Waals surface area (Å²) in [6.07, 6.45) is 3.22. The van der Waals surface area contributed by atoms with E-state index in [9.17, 15) is 4.79 Å². The molecule has 1 unspecified atom stereocenters. The summed E-state index contributed by atoms with van der Waals surface area (Å²) < 4.78 is 15.5. The van der Waals surface area contributed by atoms with Crippen molar-refractivity contribution in [3.8, 4) is 28.4 Å². The number of likely N-dealkylation sites (tertiary alicyclic amines) is 1. The Morgan fingerprint density at radius 1 is 1.19 bits per heavy atom. The van der Waals surface area contributed by atoms with Gasteiger partial charge in [0.15, 0.2) is 5.82 Å². The Bertz CT molecular complexity index is 1230. The molecule has 1 aliphatic rings. The third-order valence-corrected chi connectivity index (χ3v) is 6.73. The zero-order valence-corrected chi connectivity index (χ0v) is 27.1. The van der Waals surface area contributed by atoms with Crippen molar-refractivity contribution in [1.82, 2.24) is 25.3 Å². The fourth-order valence-electron chi connectivity index (χ4n) is 4.36. The Morgan fingerprint density at radius 2 is 1.93 bits per heavy atom. The molecule has 0 radical (unpaired) electrons. The molecule has 1 fully saturated rings. The molecule has 0 bridgehead atoms. The van der Waals surface area contributed by atoms with Gasteiger partial charge in [-0.3, -0.25) is 4.79 Å². The second kappa shape index (κ2) is 18.4. The molecular weight excluding hydrogens is 556 g/mol. The van der Waals surface area contributed by atoms with Crippen molar-refractivity contribution < 1.29 is 18.8 Å². The predicted octanol–water partition coefficient (Wildman–Crippen LogP) is 6.08. The number of benzene rings is 1. The van der Waals surface area contributed by atoms with Crippen LogP contribution in [0.5, 0.6) is 5.75 Å². The molecule has 3 aromatic rings. The van der Waals surface area contributed by atoms with Crippen molar-refractivity contribution in [3.05, 3.63) is 40.2 Å². The number of anilines is 1. The van der Waals surface area contributed by atoms with Crippen LogP contribution in [0.2, 0.25) is 5.02 Å². The number of hydrogen-bond donors (Lipinski definition) is 2. The molecule has 0 amide bonds. The summed E-state index contributed by atoms with van der Waals surface area (Å²) in [7, 11) is 4.07. The summed E-state index contributed by atoms with van der Waals surface area (Å²) in [4.78, 5) is 21.4. The highest BCUT2D eigenvalue weighted by Crippen LogP contribution is 2.36. The van der Waals surface area contributed by atoms with Crippen molar-refractivity contribution in [2.24, 2.45) is 0 Å². The SMILES string of the molecule is CCC.CCOC=O.CNCCCOc1ccc(Cl)c(-c2nc(NC3CCN(C)C3)c(C)c(-c3c(C)noc3C)n2)c1. The molecule has 11 heteroatoms. The maximum Gasteiger partial charge on any atom is 0.293 e. The van der Waals surface area contributed by atoms with Crippen LogP contribution in [0.25, 0.3) is 22.6 Å². The van der Waals surface area contributed by atoms with Crippen molar-refractivity contribution in [2.75, 3.05) is 52.3 Å². The monoisotopic (exact) mass is 602 g/mol. The van der Waals surface area contributed by atoms with Gasteiger partial charge >= 0.3 is 0 Å². The first-order valence-corrected chi connectivity index (χ1v) is 15.0. The fourth-order valence-corrected chi connectivity index (χ4v) is 4.56. The van der Waals surface area contributed by atoms with Gasteiger partial charge in [-0.25, -0.2) is 9.97 Å². The van der Waals surface area contributed by atoms with Gasteiger partial charge in [0.05, 0.1) is 35.2 Å². The fraction of sp³-hybridized carbons (Fsp3) is 0.548. The van der Waals surface area contributed by atoms with Gasteiger partial charge in [-0.05, 0) is 85.9 Å². The lowest BCUT2D eigenvalue weighted by Gasteiger charge is -2.19. The maximum absolute atomic E-state index is 9.18. The van der Waals surface area contributed by atoms with E-state index >= 15 is 0 Å². The third kappa shape index (κ3) is 10.3. The Balaban J connectivity index is 0.000000686. The van der Waals surface area contributed by atoms with E-state index in [4.69, 9.17) is 30.8 Å². The van der Waals surface area contributed by atoms with Gasteiger partial charge in [0.1, 0.15) is 17.3 Å². The lowest BCUT2D eigenvalue weighted by Crippen LogP contribution is -2.24. The molecule has 1 aliphatic heterocycles. The first-order valence-electron chi connectivity index (χ1n) is 14.6. The van der Waals surface area contributed by atoms with Crippen LogP contribution < -0.4 is 15.4 Å². The van der Waals surface area contributed by atoms with E-state index in [2.05, 4.69) is 46.3 Å². The Hall–Kier alpha value is -3.21. The van der Waals surface area contributed by atoms with E-state index in [0.29, 0.717) is 36.6 Å². The van der Waals surface area contributed by atoms with Gasteiger partial charge in [0.2, 0.25) is 0 Å². The molecule has 10 nitrogen and oxygen atoms in total. The van der Waals surface area contributed by atoms with E-state index in [1.807, 2.05) is 46.0 Å². The second-order valence-corrected chi connectivity index (χ2v) is 10.6. The van der Waals surface area contributed by atoms with Crippen LogP contribution in [0, 0.1) is 20.8 Å². The van der Waals surface area contributed by atoms with Gasteiger partial charge in [-0.15, -0.1) is 0 Å². The summed E-state index contributed by atoms with van der Waals surface area (Å²) >= 11 is 6.63. The standard InChI is InChI=1S/C25H33ClN6O2.C3H6O2.C3H8/c1-15-23(22-16(2)31-34-17(22)3)29-25(30-24(15)28-18-9-11-32(5)14-18)20-13-19(7-8-21(20)26)33-12-6-10-27-4;1-2-5-3-4;1-3-2/h7-8,13,18,27H,6,9-12,14H2,1-5H3,(H,28,29,30);3H,2H2,1H3;3H2,1-2H3. The van der Waals surface area contributed by atoms with Crippen LogP contribution in [-0.2, 0) is 9.53 Å². The quantitative estimate of drug-likeness (QED) is 0.198. The third-order valence-electron chi connectivity index (χ3n) is 6.40. The number of aryl methyl sites for hydroxylation is 2. The Labute approximate surface area is 255 Å². The molecule has 1 saturated heterocycles. The molecule has 1 aromatic carbocycles. The number of ether oxygens (including phenoxy) is 2. The van der Waals surface area contributed by atoms with Crippen molar-refractivity contribution in [1.29, 1.82) is 0 Å². The molecule has 3 heterocycles. The number of nitrogens with one attached hydrogen (secondary N) is 2. The largest absolute Gasteiger partial charge is 0.494 e. The van der Waals surface area contributed by atoms with Gasteiger partial charge < -0.3 is 29.5 Å². The summed E-state index contributed by atoms with van der Waals surface area (Å²) in [5.41, 5.74) is 4.18. The van der Waals surface area contributed by atoms with Crippen LogP contribution in [0.1, 0.15) is 57.1 Å². The van der Waals surface area contributed by atoms with Crippen LogP contribution in [-0.4, -0.2) is 79.5 Å². The molecular formula is C31H47ClN6O4. The zero-order chi connectivity index (χ0) is 31.1. The summed E-state index contributed by atoms with van der Waals surface area (Å²) in [5.74, 6) is 2.81. The highest BCUT2D eigenvalue weighted by Gasteiger charge is 2.25. The second-order valence-electron chi connectivity index (χ2n) is 10.2. The van der Waals surface area contributed by atoms with E-state index in [1.165, 1.54) is 6.42 Å². The highest BCUT2D eigenvalue weighted by molar-refractivity contribution is 6.33. The minimum absolute atomic E-state index is 0.321. The van der Waals surface area contributed by atoms with E-state index in [-0.39, 0.29) is 0 Å². The van der Waals surface area contributed by atoms with Gasteiger partial charge in [-0.2, -0.15) is 0 Å². The minimum Gasteiger partial charge on any atom is -0.494 e. The van der Waals surface area contributed by atoms with Crippen LogP contribution >= 0.6 is 11.6 Å². The first-order chi connectivity index (χ1) is 20.2.